The molecule has 0 saturated heterocycles. The van der Waals surface area contributed by atoms with Crippen LogP contribution in [0, 0.1) is 5.82 Å². The van der Waals surface area contributed by atoms with E-state index in [-0.39, 0.29) is 36.5 Å². The Balaban J connectivity index is 1.69. The molecule has 0 fully saturated rings. The second kappa shape index (κ2) is 10.9. The standard InChI is InChI=1S/C29H28ClFN4O3S/c1-29(2,3)27-25-26(18-8-6-9-19(31)14-18)39-17-24(37)34(16-23(36)32-15-20-10-7-13-38-20)28(25)35(33-27)22-12-5-4-11-21(22)30/h4-14,26H,15-17H2,1-3H3,(H,32,36). The zero-order chi connectivity index (χ0) is 27.7. The summed E-state index contributed by atoms with van der Waals surface area (Å²) in [7, 11) is 0. The number of nitrogens with one attached hydrogen (secondary N) is 1. The van der Waals surface area contributed by atoms with Gasteiger partial charge in [-0.1, -0.05) is 56.6 Å². The van der Waals surface area contributed by atoms with E-state index in [1.807, 2.05) is 45.0 Å². The number of halogens is 2. The monoisotopic (exact) mass is 566 g/mol. The third-order valence-electron chi connectivity index (χ3n) is 6.37. The van der Waals surface area contributed by atoms with Crippen LogP contribution in [-0.2, 0) is 21.5 Å². The molecule has 2 aromatic heterocycles. The van der Waals surface area contributed by atoms with Crippen molar-refractivity contribution in [2.75, 3.05) is 17.2 Å². The van der Waals surface area contributed by atoms with Crippen molar-refractivity contribution in [2.45, 2.75) is 38.0 Å². The van der Waals surface area contributed by atoms with Crippen LogP contribution in [0.4, 0.5) is 10.2 Å². The number of furan rings is 1. The first kappa shape index (κ1) is 27.0. The predicted octanol–water partition coefficient (Wildman–Crippen LogP) is 6.04. The summed E-state index contributed by atoms with van der Waals surface area (Å²) in [6.45, 7) is 6.06. The van der Waals surface area contributed by atoms with Crippen LogP contribution in [-0.4, -0.2) is 33.9 Å². The number of nitrogens with zero attached hydrogens (tertiary/aromatic N) is 3. The maximum Gasteiger partial charge on any atom is 0.240 e. The van der Waals surface area contributed by atoms with Gasteiger partial charge in [-0.25, -0.2) is 9.07 Å². The Bertz CT molecular complexity index is 1510. The quantitative estimate of drug-likeness (QED) is 0.308. The molecule has 0 spiro atoms. The third-order valence-corrected chi connectivity index (χ3v) is 7.95. The van der Waals surface area contributed by atoms with E-state index in [1.54, 1.807) is 28.9 Å². The fourth-order valence-electron chi connectivity index (χ4n) is 4.60. The fraction of sp³-hybridized carbons (Fsp3) is 0.276. The van der Waals surface area contributed by atoms with E-state index < -0.39 is 10.7 Å². The van der Waals surface area contributed by atoms with Crippen LogP contribution < -0.4 is 10.2 Å². The molecule has 10 heteroatoms. The Kier molecular flexibility index (Phi) is 7.55. The van der Waals surface area contributed by atoms with Crippen molar-refractivity contribution in [3.8, 4) is 5.69 Å². The van der Waals surface area contributed by atoms with Crippen LogP contribution in [0.5, 0.6) is 0 Å². The maximum atomic E-state index is 14.4. The number of rotatable bonds is 6. The first-order valence-corrected chi connectivity index (χ1v) is 13.9. The van der Waals surface area contributed by atoms with Gasteiger partial charge in [0.05, 0.1) is 40.2 Å². The van der Waals surface area contributed by atoms with E-state index in [0.29, 0.717) is 27.9 Å². The summed E-state index contributed by atoms with van der Waals surface area (Å²) in [5.41, 5.74) is 2.33. The van der Waals surface area contributed by atoms with Gasteiger partial charge in [0.1, 0.15) is 23.9 Å². The van der Waals surface area contributed by atoms with Gasteiger partial charge in [-0.15, -0.1) is 11.8 Å². The van der Waals surface area contributed by atoms with Crippen molar-refractivity contribution in [1.29, 1.82) is 0 Å². The molecule has 0 radical (unpaired) electrons. The second-order valence-electron chi connectivity index (χ2n) is 10.3. The van der Waals surface area contributed by atoms with Gasteiger partial charge in [0.2, 0.25) is 11.8 Å². The lowest BCUT2D eigenvalue weighted by atomic mass is 9.87. The van der Waals surface area contributed by atoms with Gasteiger partial charge in [-0.05, 0) is 42.0 Å². The van der Waals surface area contributed by atoms with E-state index >= 15 is 0 Å². The molecule has 5 rings (SSSR count). The molecule has 4 aromatic rings. The molecule has 1 aliphatic heterocycles. The molecule has 7 nitrogen and oxygen atoms in total. The Hall–Kier alpha value is -3.56. The summed E-state index contributed by atoms with van der Waals surface area (Å²) >= 11 is 8.02. The lowest BCUT2D eigenvalue weighted by molar-refractivity contribution is -0.123. The molecular weight excluding hydrogens is 539 g/mol. The Morgan fingerprint density at radius 3 is 2.67 bits per heavy atom. The summed E-state index contributed by atoms with van der Waals surface area (Å²) in [6.07, 6.45) is 1.53. The van der Waals surface area contributed by atoms with Crippen molar-refractivity contribution < 1.29 is 18.4 Å². The van der Waals surface area contributed by atoms with E-state index in [4.69, 9.17) is 21.1 Å². The molecule has 3 heterocycles. The van der Waals surface area contributed by atoms with Crippen molar-refractivity contribution in [3.63, 3.8) is 0 Å². The average molecular weight is 567 g/mol. The van der Waals surface area contributed by atoms with Crippen LogP contribution in [0.15, 0.2) is 71.3 Å². The number of benzene rings is 2. The molecule has 0 saturated carbocycles. The van der Waals surface area contributed by atoms with Gasteiger partial charge in [-0.3, -0.25) is 14.5 Å². The van der Waals surface area contributed by atoms with E-state index in [0.717, 1.165) is 11.3 Å². The zero-order valence-corrected chi connectivity index (χ0v) is 23.4. The zero-order valence-electron chi connectivity index (χ0n) is 21.8. The summed E-state index contributed by atoms with van der Waals surface area (Å²) in [6, 6.07) is 17.1. The minimum absolute atomic E-state index is 0.0907. The fourth-order valence-corrected chi connectivity index (χ4v) is 6.00. The highest BCUT2D eigenvalue weighted by Gasteiger charge is 2.40. The van der Waals surface area contributed by atoms with E-state index in [1.165, 1.54) is 35.1 Å². The number of amides is 2. The summed E-state index contributed by atoms with van der Waals surface area (Å²) in [5, 5.41) is 7.86. The number of aromatic nitrogens is 2. The normalized spacial score (nSPS) is 15.7. The van der Waals surface area contributed by atoms with Crippen molar-refractivity contribution in [3.05, 3.63) is 100 Å². The number of carbonyl (C=O) groups excluding carboxylic acids is 2. The molecule has 0 bridgehead atoms. The molecular formula is C29H28ClFN4O3S. The maximum absolute atomic E-state index is 14.4. The minimum Gasteiger partial charge on any atom is -0.467 e. The highest BCUT2D eigenvalue weighted by atomic mass is 35.5. The molecule has 202 valence electrons. The van der Waals surface area contributed by atoms with Crippen molar-refractivity contribution in [1.82, 2.24) is 15.1 Å². The number of anilines is 1. The van der Waals surface area contributed by atoms with Crippen molar-refractivity contribution in [2.24, 2.45) is 0 Å². The topological polar surface area (TPSA) is 80.4 Å². The van der Waals surface area contributed by atoms with Crippen molar-refractivity contribution >= 4 is 41.0 Å². The Morgan fingerprint density at radius 1 is 1.18 bits per heavy atom. The SMILES string of the molecule is CC(C)(C)c1nn(-c2ccccc2Cl)c2c1C(c1cccc(F)c1)SCC(=O)N2CC(=O)NCc1ccco1. The van der Waals surface area contributed by atoms with Crippen LogP contribution in [0.2, 0.25) is 5.02 Å². The van der Waals surface area contributed by atoms with Gasteiger partial charge in [0.15, 0.2) is 0 Å². The number of para-hydroxylation sites is 1. The largest absolute Gasteiger partial charge is 0.467 e. The lowest BCUT2D eigenvalue weighted by Gasteiger charge is -2.24. The van der Waals surface area contributed by atoms with E-state index in [2.05, 4.69) is 5.32 Å². The van der Waals surface area contributed by atoms with Gasteiger partial charge >= 0.3 is 0 Å². The van der Waals surface area contributed by atoms with Crippen LogP contribution in [0.25, 0.3) is 5.69 Å². The first-order chi connectivity index (χ1) is 18.6. The molecule has 2 aromatic carbocycles. The molecule has 1 aliphatic rings. The number of thioether (sulfide) groups is 1. The molecule has 0 aliphatic carbocycles. The highest BCUT2D eigenvalue weighted by Crippen LogP contribution is 2.48. The summed E-state index contributed by atoms with van der Waals surface area (Å²) in [5.74, 6) is 0.156. The van der Waals surface area contributed by atoms with Crippen LogP contribution in [0.1, 0.15) is 48.6 Å². The van der Waals surface area contributed by atoms with E-state index in [9.17, 15) is 14.0 Å². The molecule has 1 N–H and O–H groups in total. The molecule has 39 heavy (non-hydrogen) atoms. The predicted molar refractivity (Wildman–Crippen MR) is 151 cm³/mol. The number of hydrogen-bond donors (Lipinski definition) is 1. The van der Waals surface area contributed by atoms with Gasteiger partial charge in [-0.2, -0.15) is 5.10 Å². The lowest BCUT2D eigenvalue weighted by Crippen LogP contribution is -2.42. The van der Waals surface area contributed by atoms with Gasteiger partial charge in [0.25, 0.3) is 0 Å². The van der Waals surface area contributed by atoms with Gasteiger partial charge < -0.3 is 9.73 Å². The van der Waals surface area contributed by atoms with Gasteiger partial charge in [0, 0.05) is 11.0 Å². The smallest absolute Gasteiger partial charge is 0.240 e. The van der Waals surface area contributed by atoms with Crippen LogP contribution >= 0.6 is 23.4 Å². The molecule has 2 amide bonds. The second-order valence-corrected chi connectivity index (χ2v) is 11.8. The first-order valence-electron chi connectivity index (χ1n) is 12.5. The molecule has 1 atom stereocenters. The number of carbonyl (C=O) groups is 2. The highest BCUT2D eigenvalue weighted by molar-refractivity contribution is 8.00. The minimum atomic E-state index is -0.441. The third kappa shape index (κ3) is 5.60. The summed E-state index contributed by atoms with van der Waals surface area (Å²) < 4.78 is 21.4. The Labute approximate surface area is 235 Å². The summed E-state index contributed by atoms with van der Waals surface area (Å²) in [4.78, 5) is 28.3. The average Bonchev–Trinajstić information content (AvgIpc) is 3.52. The number of hydrogen-bond acceptors (Lipinski definition) is 5. The Morgan fingerprint density at radius 2 is 1.97 bits per heavy atom. The molecule has 1 unspecified atom stereocenters. The number of fused-ring (bicyclic) bond motifs is 1. The van der Waals surface area contributed by atoms with Crippen LogP contribution in [0.3, 0.4) is 0 Å².